The number of rotatable bonds is 4. The van der Waals surface area contributed by atoms with E-state index >= 15 is 0 Å². The molecule has 0 bridgehead atoms. The van der Waals surface area contributed by atoms with Crippen LogP contribution >= 0.6 is 0 Å². The van der Waals surface area contributed by atoms with E-state index in [4.69, 9.17) is 0 Å². The average Bonchev–Trinajstić information content (AvgIpc) is 2.70. The second-order valence-corrected chi connectivity index (χ2v) is 10.3. The van der Waals surface area contributed by atoms with Gasteiger partial charge in [-0.2, -0.15) is 0 Å². The van der Waals surface area contributed by atoms with Gasteiger partial charge in [0.05, 0.1) is 5.92 Å². The summed E-state index contributed by atoms with van der Waals surface area (Å²) in [5.74, 6) is -1.17. The van der Waals surface area contributed by atoms with Crippen molar-refractivity contribution in [3.8, 4) is 11.5 Å². The first-order chi connectivity index (χ1) is 14.9. The van der Waals surface area contributed by atoms with Crippen LogP contribution in [0.25, 0.3) is 0 Å². The topological polar surface area (TPSA) is 69.6 Å². The molecule has 3 aromatic rings. The lowest BCUT2D eigenvalue weighted by atomic mass is 9.80. The minimum atomic E-state index is -0.889. The molecule has 0 unspecified atom stereocenters. The van der Waals surface area contributed by atoms with Crippen molar-refractivity contribution in [3.63, 3.8) is 0 Å². The molecule has 0 aliphatic rings. The fourth-order valence-corrected chi connectivity index (χ4v) is 3.69. The van der Waals surface area contributed by atoms with Crippen LogP contribution in [0.2, 0.25) is 0 Å². The highest BCUT2D eigenvalue weighted by Crippen LogP contribution is 2.40. The van der Waals surface area contributed by atoms with E-state index in [9.17, 15) is 15.0 Å². The third-order valence-corrected chi connectivity index (χ3v) is 5.71. The molecular weight excluding hydrogens is 398 g/mol. The lowest BCUT2D eigenvalue weighted by molar-refractivity contribution is -0.116. The van der Waals surface area contributed by atoms with Crippen molar-refractivity contribution in [2.75, 3.05) is 5.32 Å². The largest absolute Gasteiger partial charge is 0.508 e. The molecule has 0 aliphatic carbocycles. The smallest absolute Gasteiger partial charge is 0.236 e. The second kappa shape index (κ2) is 8.70. The fourth-order valence-electron chi connectivity index (χ4n) is 3.69. The molecule has 3 rings (SSSR count). The Hall–Kier alpha value is -3.27. The number of hydrogen-bond acceptors (Lipinski definition) is 3. The van der Waals surface area contributed by atoms with Gasteiger partial charge in [0.1, 0.15) is 11.5 Å². The number of carbonyl (C=O) groups excluding carboxylic acids is 1. The molecule has 0 aliphatic heterocycles. The molecule has 0 heterocycles. The van der Waals surface area contributed by atoms with E-state index in [2.05, 4.69) is 46.9 Å². The lowest BCUT2D eigenvalue weighted by Gasteiger charge is -2.26. The average molecular weight is 432 g/mol. The van der Waals surface area contributed by atoms with Gasteiger partial charge in [0.2, 0.25) is 5.91 Å². The maximum Gasteiger partial charge on any atom is 0.236 e. The van der Waals surface area contributed by atoms with Crippen LogP contribution in [0.5, 0.6) is 11.5 Å². The summed E-state index contributed by atoms with van der Waals surface area (Å²) in [6, 6.07) is 19.9. The SMILES string of the molecule is CC(C)(C)c1ccc(O)c(C(C(=O)Nc2ccccc2)c2cc(C(C)(C)C)ccc2O)c1. The van der Waals surface area contributed by atoms with Crippen LogP contribution in [0.15, 0.2) is 66.7 Å². The van der Waals surface area contributed by atoms with Gasteiger partial charge in [0.15, 0.2) is 0 Å². The zero-order valence-electron chi connectivity index (χ0n) is 19.7. The van der Waals surface area contributed by atoms with Crippen molar-refractivity contribution in [2.45, 2.75) is 58.3 Å². The van der Waals surface area contributed by atoms with E-state index in [0.717, 1.165) is 11.1 Å². The summed E-state index contributed by atoms with van der Waals surface area (Å²) in [4.78, 5) is 13.6. The number of nitrogens with one attached hydrogen (secondary N) is 1. The van der Waals surface area contributed by atoms with Crippen LogP contribution in [-0.4, -0.2) is 16.1 Å². The maximum absolute atomic E-state index is 13.6. The third kappa shape index (κ3) is 5.13. The minimum absolute atomic E-state index is 0.0202. The predicted molar refractivity (Wildman–Crippen MR) is 131 cm³/mol. The Balaban J connectivity index is 2.21. The molecule has 0 saturated heterocycles. The Morgan fingerprint density at radius 3 is 1.56 bits per heavy atom. The van der Waals surface area contributed by atoms with Crippen LogP contribution in [-0.2, 0) is 15.6 Å². The van der Waals surface area contributed by atoms with Gasteiger partial charge >= 0.3 is 0 Å². The van der Waals surface area contributed by atoms with Gasteiger partial charge in [0.25, 0.3) is 0 Å². The van der Waals surface area contributed by atoms with E-state index in [0.29, 0.717) is 16.8 Å². The van der Waals surface area contributed by atoms with Crippen LogP contribution in [0.1, 0.15) is 69.7 Å². The molecule has 0 spiro atoms. The van der Waals surface area contributed by atoms with Gasteiger partial charge in [-0.25, -0.2) is 0 Å². The van der Waals surface area contributed by atoms with Gasteiger partial charge in [0, 0.05) is 16.8 Å². The zero-order chi connectivity index (χ0) is 23.7. The van der Waals surface area contributed by atoms with Crippen molar-refractivity contribution in [3.05, 3.63) is 89.0 Å². The number of benzene rings is 3. The molecular formula is C28H33NO3. The highest BCUT2D eigenvalue weighted by Gasteiger charge is 2.31. The number of amides is 1. The highest BCUT2D eigenvalue weighted by molar-refractivity contribution is 5.99. The summed E-state index contributed by atoms with van der Waals surface area (Å²) >= 11 is 0. The van der Waals surface area contributed by atoms with Crippen molar-refractivity contribution in [1.82, 2.24) is 0 Å². The number of hydrogen-bond donors (Lipinski definition) is 3. The standard InChI is InChI=1S/C28H33NO3/c1-27(2,3)18-12-14-23(30)21(16-18)25(26(32)29-20-10-8-7-9-11-20)22-17-19(28(4,5)6)13-15-24(22)31/h7-17,25,30-31H,1-6H3,(H,29,32). The van der Waals surface area contributed by atoms with E-state index in [1.807, 2.05) is 54.6 Å². The Kier molecular flexibility index (Phi) is 6.36. The number of aromatic hydroxyl groups is 2. The number of anilines is 1. The normalized spacial score (nSPS) is 12.1. The minimum Gasteiger partial charge on any atom is -0.508 e. The first kappa shape index (κ1) is 23.4. The molecule has 0 radical (unpaired) electrons. The molecule has 0 atom stereocenters. The molecule has 32 heavy (non-hydrogen) atoms. The number of carbonyl (C=O) groups is 1. The number of para-hydroxylation sites is 1. The Labute approximate surface area is 190 Å². The summed E-state index contributed by atoms with van der Waals surface area (Å²) in [7, 11) is 0. The van der Waals surface area contributed by atoms with E-state index < -0.39 is 5.92 Å². The quantitative estimate of drug-likeness (QED) is 0.444. The van der Waals surface area contributed by atoms with Gasteiger partial charge < -0.3 is 15.5 Å². The molecule has 3 N–H and O–H groups in total. The van der Waals surface area contributed by atoms with Crippen molar-refractivity contribution in [1.29, 1.82) is 0 Å². The van der Waals surface area contributed by atoms with Gasteiger partial charge in [-0.1, -0.05) is 84.0 Å². The summed E-state index contributed by atoms with van der Waals surface area (Å²) in [6.45, 7) is 12.5. The Morgan fingerprint density at radius 2 is 1.16 bits per heavy atom. The number of phenolic OH excluding ortho intramolecular Hbond substituents is 2. The predicted octanol–water partition coefficient (Wildman–Crippen LogP) is 6.46. The summed E-state index contributed by atoms with van der Waals surface area (Å²) in [5, 5.41) is 24.6. The van der Waals surface area contributed by atoms with Crippen LogP contribution in [0.4, 0.5) is 5.69 Å². The first-order valence-electron chi connectivity index (χ1n) is 10.9. The molecule has 4 nitrogen and oxygen atoms in total. The van der Waals surface area contributed by atoms with Crippen LogP contribution in [0, 0.1) is 0 Å². The maximum atomic E-state index is 13.6. The monoisotopic (exact) mass is 431 g/mol. The van der Waals surface area contributed by atoms with Gasteiger partial charge in [-0.15, -0.1) is 0 Å². The Bertz CT molecular complexity index is 1040. The molecule has 0 fully saturated rings. The van der Waals surface area contributed by atoms with E-state index in [1.165, 1.54) is 0 Å². The summed E-state index contributed by atoms with van der Waals surface area (Å²) in [5.41, 5.74) is 3.24. The lowest BCUT2D eigenvalue weighted by Crippen LogP contribution is -2.24. The highest BCUT2D eigenvalue weighted by atomic mass is 16.3. The van der Waals surface area contributed by atoms with Crippen LogP contribution in [0.3, 0.4) is 0 Å². The van der Waals surface area contributed by atoms with Crippen molar-refractivity contribution < 1.29 is 15.0 Å². The molecule has 1 amide bonds. The van der Waals surface area contributed by atoms with E-state index in [-0.39, 0.29) is 28.2 Å². The third-order valence-electron chi connectivity index (χ3n) is 5.71. The van der Waals surface area contributed by atoms with Gasteiger partial charge in [-0.3, -0.25) is 4.79 Å². The van der Waals surface area contributed by atoms with Gasteiger partial charge in [-0.05, 0) is 46.2 Å². The number of phenols is 2. The Morgan fingerprint density at radius 1 is 0.719 bits per heavy atom. The summed E-state index contributed by atoms with van der Waals surface area (Å²) < 4.78 is 0. The molecule has 0 saturated carbocycles. The molecule has 168 valence electrons. The fraction of sp³-hybridized carbons (Fsp3) is 0.321. The molecule has 0 aromatic heterocycles. The van der Waals surface area contributed by atoms with Crippen molar-refractivity contribution in [2.24, 2.45) is 0 Å². The second-order valence-electron chi connectivity index (χ2n) is 10.3. The molecule has 3 aromatic carbocycles. The summed E-state index contributed by atoms with van der Waals surface area (Å²) in [6.07, 6.45) is 0. The van der Waals surface area contributed by atoms with E-state index in [1.54, 1.807) is 12.1 Å². The first-order valence-corrected chi connectivity index (χ1v) is 10.9. The zero-order valence-corrected chi connectivity index (χ0v) is 19.7. The van der Waals surface area contributed by atoms with Crippen molar-refractivity contribution >= 4 is 11.6 Å². The molecule has 4 heteroatoms. The van der Waals surface area contributed by atoms with Crippen LogP contribution < -0.4 is 5.32 Å².